The zero-order chi connectivity index (χ0) is 10.9. The summed E-state index contributed by atoms with van der Waals surface area (Å²) in [6.45, 7) is 0. The molecule has 3 aliphatic rings. The molecule has 1 saturated carbocycles. The van der Waals surface area contributed by atoms with Crippen LogP contribution < -0.4 is 0 Å². The summed E-state index contributed by atoms with van der Waals surface area (Å²) in [5.74, 6) is 1.42. The number of benzene rings is 1. The molecule has 4 unspecified atom stereocenters. The molecule has 0 heterocycles. The van der Waals surface area contributed by atoms with E-state index in [1.807, 2.05) is 18.2 Å². The summed E-state index contributed by atoms with van der Waals surface area (Å²) in [5, 5.41) is 0. The zero-order valence-corrected chi connectivity index (χ0v) is 10.3. The van der Waals surface area contributed by atoms with Gasteiger partial charge in [-0.15, -0.1) is 0 Å². The number of alkyl halides is 1. The van der Waals surface area contributed by atoms with Crippen molar-refractivity contribution in [3.8, 4) is 0 Å². The molecule has 0 aliphatic heterocycles. The van der Waals surface area contributed by atoms with Crippen LogP contribution in [0.25, 0.3) is 0 Å². The van der Waals surface area contributed by atoms with Crippen LogP contribution in [-0.2, 0) is 4.32 Å². The number of ketones is 1. The van der Waals surface area contributed by atoms with Gasteiger partial charge in [0.2, 0.25) is 0 Å². The van der Waals surface area contributed by atoms with Gasteiger partial charge in [0.1, 0.15) is 0 Å². The summed E-state index contributed by atoms with van der Waals surface area (Å²) in [5.41, 5.74) is 2.14. The van der Waals surface area contributed by atoms with E-state index in [2.05, 4.69) is 34.1 Å². The standard InChI is InChI=1S/C14H11BrO/c15-14-9-6-5-8(7-9)12(14)13(16)10-3-1-2-4-11(10)14/h1-6,8-9,12H,7H2. The first-order valence-electron chi connectivity index (χ1n) is 5.74. The number of hydrogen-bond acceptors (Lipinski definition) is 1. The molecule has 2 heteroatoms. The number of carbonyl (C=O) groups is 1. The van der Waals surface area contributed by atoms with E-state index < -0.39 is 0 Å². The minimum atomic E-state index is -0.0971. The lowest BCUT2D eigenvalue weighted by atomic mass is 9.83. The Morgan fingerprint density at radius 1 is 1.25 bits per heavy atom. The van der Waals surface area contributed by atoms with Crippen LogP contribution in [0.1, 0.15) is 22.3 Å². The van der Waals surface area contributed by atoms with E-state index in [-0.39, 0.29) is 10.2 Å². The van der Waals surface area contributed by atoms with Crippen molar-refractivity contribution in [2.45, 2.75) is 10.7 Å². The first-order valence-corrected chi connectivity index (χ1v) is 6.53. The number of hydrogen-bond donors (Lipinski definition) is 0. The largest absolute Gasteiger partial charge is 0.294 e. The number of allylic oxidation sites excluding steroid dienone is 2. The molecule has 0 spiro atoms. The van der Waals surface area contributed by atoms with E-state index in [4.69, 9.17) is 0 Å². The highest BCUT2D eigenvalue weighted by Crippen LogP contribution is 2.65. The van der Waals surface area contributed by atoms with Crippen LogP contribution >= 0.6 is 15.9 Å². The molecule has 0 radical (unpaired) electrons. The summed E-state index contributed by atoms with van der Waals surface area (Å²) in [7, 11) is 0. The van der Waals surface area contributed by atoms with E-state index in [0.717, 1.165) is 12.0 Å². The molecule has 4 rings (SSSR count). The predicted molar refractivity (Wildman–Crippen MR) is 65.6 cm³/mol. The third-order valence-corrected chi connectivity index (χ3v) is 5.93. The summed E-state index contributed by atoms with van der Waals surface area (Å²) < 4.78 is -0.0971. The predicted octanol–water partition coefficient (Wildman–Crippen LogP) is 3.30. The van der Waals surface area contributed by atoms with Crippen LogP contribution in [0.4, 0.5) is 0 Å². The van der Waals surface area contributed by atoms with Crippen molar-refractivity contribution < 1.29 is 4.79 Å². The first kappa shape index (κ1) is 9.17. The van der Waals surface area contributed by atoms with Gasteiger partial charge in [-0.3, -0.25) is 4.79 Å². The molecule has 80 valence electrons. The third kappa shape index (κ3) is 0.797. The van der Waals surface area contributed by atoms with Crippen LogP contribution in [0.5, 0.6) is 0 Å². The fraction of sp³-hybridized carbons (Fsp3) is 0.357. The fourth-order valence-electron chi connectivity index (χ4n) is 3.78. The second-order valence-electron chi connectivity index (χ2n) is 5.05. The Labute approximate surface area is 103 Å². The topological polar surface area (TPSA) is 17.1 Å². The van der Waals surface area contributed by atoms with Crippen LogP contribution in [0.3, 0.4) is 0 Å². The second kappa shape index (κ2) is 2.67. The molecule has 1 aromatic carbocycles. The smallest absolute Gasteiger partial charge is 0.168 e. The van der Waals surface area contributed by atoms with Crippen molar-refractivity contribution in [1.29, 1.82) is 0 Å². The van der Waals surface area contributed by atoms with Crippen molar-refractivity contribution in [2.75, 3.05) is 0 Å². The molecule has 16 heavy (non-hydrogen) atoms. The minimum absolute atomic E-state index is 0.0971. The number of halogens is 1. The van der Waals surface area contributed by atoms with E-state index >= 15 is 0 Å². The van der Waals surface area contributed by atoms with Crippen molar-refractivity contribution in [3.05, 3.63) is 47.5 Å². The molecule has 1 nitrogen and oxygen atoms in total. The summed E-state index contributed by atoms with van der Waals surface area (Å²) in [4.78, 5) is 12.4. The molecule has 1 aromatic rings. The van der Waals surface area contributed by atoms with Crippen molar-refractivity contribution >= 4 is 21.7 Å². The van der Waals surface area contributed by atoms with E-state index in [1.54, 1.807) is 0 Å². The third-order valence-electron chi connectivity index (χ3n) is 4.42. The van der Waals surface area contributed by atoms with Gasteiger partial charge in [-0.25, -0.2) is 0 Å². The molecule has 2 bridgehead atoms. The lowest BCUT2D eigenvalue weighted by Gasteiger charge is -2.30. The lowest BCUT2D eigenvalue weighted by molar-refractivity contribution is 0.0904. The van der Waals surface area contributed by atoms with Crippen molar-refractivity contribution in [1.82, 2.24) is 0 Å². The molecule has 0 N–H and O–H groups in total. The van der Waals surface area contributed by atoms with Crippen molar-refractivity contribution in [2.24, 2.45) is 17.8 Å². The Bertz CT molecular complexity index is 533. The molecule has 1 fully saturated rings. The van der Waals surface area contributed by atoms with Crippen LogP contribution in [0.15, 0.2) is 36.4 Å². The van der Waals surface area contributed by atoms with Gasteiger partial charge in [-0.05, 0) is 23.8 Å². The van der Waals surface area contributed by atoms with Gasteiger partial charge < -0.3 is 0 Å². The Balaban J connectivity index is 2.03. The number of fused-ring (bicyclic) bond motifs is 7. The molecular formula is C14H11BrO. The summed E-state index contributed by atoms with van der Waals surface area (Å²) in [6, 6.07) is 8.08. The molecule has 4 atom stereocenters. The molecule has 0 aromatic heterocycles. The number of rotatable bonds is 0. The van der Waals surface area contributed by atoms with Crippen LogP contribution in [0, 0.1) is 17.8 Å². The van der Waals surface area contributed by atoms with Crippen LogP contribution in [-0.4, -0.2) is 5.78 Å². The monoisotopic (exact) mass is 274 g/mol. The SMILES string of the molecule is O=C1c2ccccc2C2(Br)C3C=CC(C3)C12. The van der Waals surface area contributed by atoms with Crippen molar-refractivity contribution in [3.63, 3.8) is 0 Å². The highest BCUT2D eigenvalue weighted by Gasteiger charge is 2.62. The minimum Gasteiger partial charge on any atom is -0.294 e. The lowest BCUT2D eigenvalue weighted by Crippen LogP contribution is -2.31. The highest BCUT2D eigenvalue weighted by molar-refractivity contribution is 9.09. The van der Waals surface area contributed by atoms with Gasteiger partial charge in [0.25, 0.3) is 0 Å². The van der Waals surface area contributed by atoms with Gasteiger partial charge in [-0.1, -0.05) is 52.3 Å². The van der Waals surface area contributed by atoms with Gasteiger partial charge in [0, 0.05) is 11.5 Å². The molecule has 3 aliphatic carbocycles. The maximum absolute atomic E-state index is 12.4. The van der Waals surface area contributed by atoms with Gasteiger partial charge >= 0.3 is 0 Å². The van der Waals surface area contributed by atoms with Gasteiger partial charge in [-0.2, -0.15) is 0 Å². The number of Topliss-reactive ketones (excluding diaryl/α,β-unsaturated/α-hetero) is 1. The number of carbonyl (C=O) groups excluding carboxylic acids is 1. The van der Waals surface area contributed by atoms with E-state index in [9.17, 15) is 4.79 Å². The van der Waals surface area contributed by atoms with E-state index in [1.165, 1.54) is 5.56 Å². The highest BCUT2D eigenvalue weighted by atomic mass is 79.9. The summed E-state index contributed by atoms with van der Waals surface area (Å²) in [6.07, 6.45) is 5.65. The Hall–Kier alpha value is -0.890. The molecular weight excluding hydrogens is 264 g/mol. The van der Waals surface area contributed by atoms with Gasteiger partial charge in [0.05, 0.1) is 4.32 Å². The Kier molecular flexibility index (Phi) is 1.53. The zero-order valence-electron chi connectivity index (χ0n) is 8.69. The fourth-order valence-corrected chi connectivity index (χ4v) is 5.01. The average Bonchev–Trinajstić information content (AvgIpc) is 2.92. The maximum atomic E-state index is 12.4. The molecule has 0 amide bonds. The Morgan fingerprint density at radius 3 is 2.94 bits per heavy atom. The quantitative estimate of drug-likeness (QED) is 0.524. The molecule has 0 saturated heterocycles. The average molecular weight is 275 g/mol. The summed E-state index contributed by atoms with van der Waals surface area (Å²) >= 11 is 3.90. The normalized spacial score (nSPS) is 42.6. The van der Waals surface area contributed by atoms with Gasteiger partial charge in [0.15, 0.2) is 5.78 Å². The maximum Gasteiger partial charge on any atom is 0.168 e. The van der Waals surface area contributed by atoms with E-state index in [0.29, 0.717) is 17.6 Å². The van der Waals surface area contributed by atoms with Crippen LogP contribution in [0.2, 0.25) is 0 Å². The Morgan fingerprint density at radius 2 is 2.06 bits per heavy atom. The first-order chi connectivity index (χ1) is 7.73. The second-order valence-corrected chi connectivity index (χ2v) is 6.36.